The van der Waals surface area contributed by atoms with E-state index in [1.807, 2.05) is 4.90 Å². The number of piperidine rings is 1. The summed E-state index contributed by atoms with van der Waals surface area (Å²) in [5.74, 6) is 0.267. The largest absolute Gasteiger partial charge is 0.476 e. The zero-order valence-corrected chi connectivity index (χ0v) is 18.7. The summed E-state index contributed by atoms with van der Waals surface area (Å²) in [5, 5.41) is 10.7. The van der Waals surface area contributed by atoms with Crippen molar-refractivity contribution in [2.75, 3.05) is 25.0 Å². The van der Waals surface area contributed by atoms with Gasteiger partial charge in [-0.1, -0.05) is 23.7 Å². The molecular formula is C24H25ClFN5O2. The molecule has 3 aromatic rings. The van der Waals surface area contributed by atoms with E-state index in [1.54, 1.807) is 36.7 Å². The average Bonchev–Trinajstić information content (AvgIpc) is 3.35. The van der Waals surface area contributed by atoms with Gasteiger partial charge in [0.05, 0.1) is 18.4 Å². The fourth-order valence-electron chi connectivity index (χ4n) is 4.55. The van der Waals surface area contributed by atoms with E-state index in [1.165, 1.54) is 12.1 Å². The summed E-state index contributed by atoms with van der Waals surface area (Å²) < 4.78 is 19.4. The van der Waals surface area contributed by atoms with E-state index < -0.39 is 11.6 Å². The van der Waals surface area contributed by atoms with Crippen LogP contribution in [-0.2, 0) is 11.2 Å². The molecule has 4 N–H and O–H groups in total. The van der Waals surface area contributed by atoms with Crippen LogP contribution in [0.4, 0.5) is 10.1 Å². The van der Waals surface area contributed by atoms with Gasteiger partial charge in [0.2, 0.25) is 0 Å². The molecule has 2 aliphatic rings. The van der Waals surface area contributed by atoms with Crippen molar-refractivity contribution >= 4 is 23.2 Å². The third-order valence-corrected chi connectivity index (χ3v) is 6.63. The van der Waals surface area contributed by atoms with Gasteiger partial charge in [-0.2, -0.15) is 5.10 Å². The molecule has 1 fully saturated rings. The molecule has 7 nitrogen and oxygen atoms in total. The van der Waals surface area contributed by atoms with Gasteiger partial charge in [-0.05, 0) is 49.1 Å². The first-order valence-corrected chi connectivity index (χ1v) is 11.3. The highest BCUT2D eigenvalue weighted by molar-refractivity contribution is 6.31. The number of ether oxygens (including phenoxy) is 1. The number of nitrogens with one attached hydrogen (secondary N) is 2. The van der Waals surface area contributed by atoms with Gasteiger partial charge in [0.25, 0.3) is 5.91 Å². The van der Waals surface area contributed by atoms with Crippen LogP contribution in [0.2, 0.25) is 5.02 Å². The van der Waals surface area contributed by atoms with Crippen molar-refractivity contribution in [3.8, 4) is 16.9 Å². The van der Waals surface area contributed by atoms with Crippen molar-refractivity contribution in [2.45, 2.75) is 30.9 Å². The summed E-state index contributed by atoms with van der Waals surface area (Å²) in [5.41, 5.74) is 9.56. The first kappa shape index (κ1) is 21.7. The van der Waals surface area contributed by atoms with Gasteiger partial charge >= 0.3 is 0 Å². The number of nitrogens with two attached hydrogens (primary N) is 1. The second kappa shape index (κ2) is 8.68. The highest BCUT2D eigenvalue weighted by atomic mass is 35.5. The lowest BCUT2D eigenvalue weighted by molar-refractivity contribution is -0.139. The Kier molecular flexibility index (Phi) is 5.72. The van der Waals surface area contributed by atoms with Gasteiger partial charge in [-0.25, -0.2) is 4.39 Å². The van der Waals surface area contributed by atoms with Crippen LogP contribution in [0.25, 0.3) is 11.1 Å². The molecule has 33 heavy (non-hydrogen) atoms. The fourth-order valence-corrected chi connectivity index (χ4v) is 4.77. The number of likely N-dealkylation sites (tertiary alicyclic amines) is 1. The van der Waals surface area contributed by atoms with Crippen molar-refractivity contribution in [1.29, 1.82) is 0 Å². The number of carbonyl (C=O) groups is 1. The number of hydrogen-bond acceptors (Lipinski definition) is 5. The quantitative estimate of drug-likeness (QED) is 0.542. The highest BCUT2D eigenvalue weighted by Crippen LogP contribution is 2.41. The van der Waals surface area contributed by atoms with Gasteiger partial charge in [0.1, 0.15) is 5.82 Å². The Labute approximate surface area is 196 Å². The predicted octanol–water partition coefficient (Wildman–Crippen LogP) is 3.60. The maximum atomic E-state index is 13.3. The van der Waals surface area contributed by atoms with E-state index in [0.29, 0.717) is 49.7 Å². The van der Waals surface area contributed by atoms with Crippen LogP contribution in [-0.4, -0.2) is 52.3 Å². The normalized spacial score (nSPS) is 19.4. The molecule has 2 aromatic carbocycles. The summed E-state index contributed by atoms with van der Waals surface area (Å²) in [6.07, 6.45) is 4.79. The van der Waals surface area contributed by atoms with Crippen molar-refractivity contribution in [3.63, 3.8) is 0 Å². The molecule has 1 saturated heterocycles. The van der Waals surface area contributed by atoms with Crippen molar-refractivity contribution in [2.24, 2.45) is 5.73 Å². The summed E-state index contributed by atoms with van der Waals surface area (Å²) in [4.78, 5) is 15.1. The molecule has 1 atom stereocenters. The molecule has 9 heteroatoms. The van der Waals surface area contributed by atoms with E-state index in [9.17, 15) is 9.18 Å². The third kappa shape index (κ3) is 4.54. The molecule has 1 unspecified atom stereocenters. The van der Waals surface area contributed by atoms with Crippen LogP contribution in [0, 0.1) is 5.82 Å². The Morgan fingerprint density at radius 2 is 2.03 bits per heavy atom. The number of hydrogen-bond donors (Lipinski definition) is 3. The van der Waals surface area contributed by atoms with E-state index in [4.69, 9.17) is 22.1 Å². The van der Waals surface area contributed by atoms with Gasteiger partial charge in [0.15, 0.2) is 11.9 Å². The number of aromatic nitrogens is 2. The lowest BCUT2D eigenvalue weighted by Crippen LogP contribution is -2.56. The molecule has 3 heterocycles. The first-order valence-electron chi connectivity index (χ1n) is 11.0. The molecule has 2 aliphatic heterocycles. The number of H-pyrrole nitrogens is 1. The lowest BCUT2D eigenvalue weighted by Gasteiger charge is -2.41. The van der Waals surface area contributed by atoms with Crippen LogP contribution >= 0.6 is 11.6 Å². The van der Waals surface area contributed by atoms with E-state index in [2.05, 4.69) is 15.5 Å². The Morgan fingerprint density at radius 3 is 2.73 bits per heavy atom. The van der Waals surface area contributed by atoms with Crippen LogP contribution in [0.5, 0.6) is 5.75 Å². The maximum Gasteiger partial charge on any atom is 0.265 e. The molecule has 1 amide bonds. The first-order chi connectivity index (χ1) is 15.9. The van der Waals surface area contributed by atoms with Crippen molar-refractivity contribution in [3.05, 3.63) is 65.2 Å². The van der Waals surface area contributed by atoms with Crippen LogP contribution in [0.3, 0.4) is 0 Å². The molecule has 0 bridgehead atoms. The number of nitrogens with zero attached hydrogens (tertiary/aromatic N) is 2. The molecule has 0 radical (unpaired) electrons. The number of carbonyl (C=O) groups excluding carboxylic acids is 1. The third-order valence-electron chi connectivity index (χ3n) is 6.42. The standard InChI is InChI=1S/C24H25ClFN5O2/c25-17-9-19(16-12-29-30-13-16)22-20(10-17)28-14-21(33-22)23(32)31-7-5-24(27,6-8-31)11-15-1-3-18(26)4-2-15/h1-4,9-10,12-13,21,28H,5-8,11,14,27H2,(H,29,30). The zero-order chi connectivity index (χ0) is 23.0. The second-order valence-electron chi connectivity index (χ2n) is 8.80. The number of fused-ring (bicyclic) bond motifs is 1. The van der Waals surface area contributed by atoms with Gasteiger partial charge in [-0.15, -0.1) is 0 Å². The zero-order valence-electron chi connectivity index (χ0n) is 18.0. The number of amides is 1. The molecule has 0 saturated carbocycles. The van der Waals surface area contributed by atoms with Crippen molar-refractivity contribution < 1.29 is 13.9 Å². The molecule has 1 aromatic heterocycles. The maximum absolute atomic E-state index is 13.3. The Bertz CT molecular complexity index is 1140. The summed E-state index contributed by atoms with van der Waals surface area (Å²) in [6, 6.07) is 10.0. The Hall–Kier alpha value is -3.10. The van der Waals surface area contributed by atoms with Crippen LogP contribution in [0.1, 0.15) is 18.4 Å². The highest BCUT2D eigenvalue weighted by Gasteiger charge is 2.37. The van der Waals surface area contributed by atoms with Gasteiger partial charge in [0, 0.05) is 41.0 Å². The fraction of sp³-hybridized carbons (Fsp3) is 0.333. The average molecular weight is 470 g/mol. The van der Waals surface area contributed by atoms with Gasteiger partial charge < -0.3 is 20.7 Å². The number of rotatable bonds is 4. The minimum Gasteiger partial charge on any atom is -0.476 e. The predicted molar refractivity (Wildman–Crippen MR) is 125 cm³/mol. The number of anilines is 1. The molecule has 5 rings (SSSR count). The summed E-state index contributed by atoms with van der Waals surface area (Å²) in [7, 11) is 0. The molecular weight excluding hydrogens is 445 g/mol. The Morgan fingerprint density at radius 1 is 1.27 bits per heavy atom. The molecule has 0 spiro atoms. The van der Waals surface area contributed by atoms with Crippen LogP contribution < -0.4 is 15.8 Å². The van der Waals surface area contributed by atoms with E-state index in [0.717, 1.165) is 22.4 Å². The number of benzene rings is 2. The SMILES string of the molecule is NC1(Cc2ccc(F)cc2)CCN(C(=O)C2CNc3cc(Cl)cc(-c4cn[nH]c4)c3O2)CC1. The van der Waals surface area contributed by atoms with E-state index in [-0.39, 0.29) is 11.7 Å². The monoisotopic (exact) mass is 469 g/mol. The molecule has 0 aliphatic carbocycles. The summed E-state index contributed by atoms with van der Waals surface area (Å²) in [6.45, 7) is 1.47. The topological polar surface area (TPSA) is 96.3 Å². The minimum atomic E-state index is -0.647. The smallest absolute Gasteiger partial charge is 0.265 e. The Balaban J connectivity index is 1.26. The lowest BCUT2D eigenvalue weighted by atomic mass is 9.82. The van der Waals surface area contributed by atoms with E-state index >= 15 is 0 Å². The van der Waals surface area contributed by atoms with Crippen LogP contribution in [0.15, 0.2) is 48.8 Å². The minimum absolute atomic E-state index is 0.0647. The van der Waals surface area contributed by atoms with Gasteiger partial charge in [-0.3, -0.25) is 9.89 Å². The number of aromatic amines is 1. The second-order valence-corrected chi connectivity index (χ2v) is 9.23. The summed E-state index contributed by atoms with van der Waals surface area (Å²) >= 11 is 6.28. The number of halogens is 2. The van der Waals surface area contributed by atoms with Crippen molar-refractivity contribution in [1.82, 2.24) is 15.1 Å². The molecule has 172 valence electrons.